The zero-order chi connectivity index (χ0) is 24.1. The number of hydrogen-bond acceptors (Lipinski definition) is 8. The van der Waals surface area contributed by atoms with Crippen LogP contribution in [0.15, 0.2) is 47.6 Å². The summed E-state index contributed by atoms with van der Waals surface area (Å²) in [5.41, 5.74) is 7.43. The number of sulfone groups is 1. The van der Waals surface area contributed by atoms with Crippen LogP contribution in [0, 0.1) is 0 Å². The fraction of sp³-hybridized carbons (Fsp3) is 0.409. The van der Waals surface area contributed by atoms with E-state index in [0.29, 0.717) is 65.9 Å². The molecule has 0 spiro atoms. The average molecular weight is 491 g/mol. The summed E-state index contributed by atoms with van der Waals surface area (Å²) in [6.45, 7) is 0.722. The van der Waals surface area contributed by atoms with Crippen LogP contribution in [0.5, 0.6) is 0 Å². The maximum atomic E-state index is 13.6. The quantitative estimate of drug-likeness (QED) is 0.524. The third kappa shape index (κ3) is 3.80. The summed E-state index contributed by atoms with van der Waals surface area (Å²) < 4.78 is 57.8. The maximum Gasteiger partial charge on any atom is 0.333 e. The Morgan fingerprint density at radius 2 is 1.94 bits per heavy atom. The molecule has 12 heteroatoms. The molecule has 2 aliphatic rings. The first kappa shape index (κ1) is 22.7. The molecule has 0 radical (unpaired) electrons. The van der Waals surface area contributed by atoms with E-state index in [1.54, 1.807) is 30.3 Å². The fourth-order valence-corrected chi connectivity index (χ4v) is 6.11. The lowest BCUT2D eigenvalue weighted by Gasteiger charge is -2.34. The number of morpholine rings is 1. The third-order valence-corrected chi connectivity index (χ3v) is 8.79. The molecule has 34 heavy (non-hydrogen) atoms. The van der Waals surface area contributed by atoms with Crippen molar-refractivity contribution >= 4 is 21.3 Å². The number of alkyl halides is 2. The number of hydrogen-bond donors (Lipinski definition) is 1. The van der Waals surface area contributed by atoms with Crippen LogP contribution < -0.4 is 10.6 Å². The molecule has 1 aromatic carbocycles. The summed E-state index contributed by atoms with van der Waals surface area (Å²) in [5, 5.41) is 3.51. The summed E-state index contributed by atoms with van der Waals surface area (Å²) in [5.74, 6) is 0.966. The van der Waals surface area contributed by atoms with E-state index >= 15 is 0 Å². The predicted molar refractivity (Wildman–Crippen MR) is 121 cm³/mol. The van der Waals surface area contributed by atoms with E-state index < -0.39 is 21.1 Å². The molecule has 2 fully saturated rings. The van der Waals surface area contributed by atoms with Crippen molar-refractivity contribution in [2.75, 3.05) is 30.4 Å². The van der Waals surface area contributed by atoms with Gasteiger partial charge in [-0.05, 0) is 44.0 Å². The molecule has 1 aliphatic carbocycles. The van der Waals surface area contributed by atoms with Crippen LogP contribution in [0.1, 0.15) is 32.0 Å². The van der Waals surface area contributed by atoms with Crippen LogP contribution in [0.2, 0.25) is 0 Å². The molecule has 0 amide bonds. The highest BCUT2D eigenvalue weighted by atomic mass is 32.2. The lowest BCUT2D eigenvalue weighted by atomic mass is 10.1. The topological polar surface area (TPSA) is 116 Å². The standard InChI is InChI=1S/C22H24F2N6O3S/c1-14-13-33-9-8-29(14)19-10-18(27-20(28-19)15-2-4-16(25)5-3-15)22(6-7-22)34(31,32)17-11-26-30(12-17)21(23)24/h2-5,10-12,14,21H,6-9,13,25H2,1H3/t14-/m0/s1. The number of aromatic nitrogens is 4. The molecule has 2 N–H and O–H groups in total. The van der Waals surface area contributed by atoms with E-state index in [2.05, 4.69) is 15.0 Å². The van der Waals surface area contributed by atoms with Gasteiger partial charge in [-0.3, -0.25) is 0 Å². The molecule has 1 saturated carbocycles. The van der Waals surface area contributed by atoms with E-state index in [4.69, 9.17) is 15.5 Å². The van der Waals surface area contributed by atoms with Crippen molar-refractivity contribution in [2.45, 2.75) is 42.0 Å². The Morgan fingerprint density at radius 1 is 1.21 bits per heavy atom. The Morgan fingerprint density at radius 3 is 2.56 bits per heavy atom. The van der Waals surface area contributed by atoms with Crippen LogP contribution in [0.25, 0.3) is 11.4 Å². The van der Waals surface area contributed by atoms with Gasteiger partial charge in [-0.2, -0.15) is 13.9 Å². The largest absolute Gasteiger partial charge is 0.399 e. The first-order valence-corrected chi connectivity index (χ1v) is 12.4. The highest BCUT2D eigenvalue weighted by Crippen LogP contribution is 2.55. The van der Waals surface area contributed by atoms with E-state index in [1.807, 2.05) is 6.92 Å². The number of halogens is 2. The molecule has 0 bridgehead atoms. The minimum Gasteiger partial charge on any atom is -0.399 e. The number of benzene rings is 1. The van der Waals surface area contributed by atoms with Gasteiger partial charge < -0.3 is 15.4 Å². The summed E-state index contributed by atoms with van der Waals surface area (Å²) in [6, 6.07) is 8.75. The van der Waals surface area contributed by atoms with Crippen molar-refractivity contribution in [3.05, 3.63) is 48.4 Å². The number of anilines is 2. The summed E-state index contributed by atoms with van der Waals surface area (Å²) in [6.07, 6.45) is 2.48. The molecule has 2 aromatic heterocycles. The van der Waals surface area contributed by atoms with Crippen molar-refractivity contribution in [3.63, 3.8) is 0 Å². The van der Waals surface area contributed by atoms with Crippen LogP contribution in [-0.2, 0) is 19.3 Å². The Bertz CT molecular complexity index is 1310. The van der Waals surface area contributed by atoms with E-state index in [0.717, 1.165) is 12.4 Å². The van der Waals surface area contributed by atoms with Gasteiger partial charge in [0.1, 0.15) is 15.5 Å². The van der Waals surface area contributed by atoms with Crippen molar-refractivity contribution in [1.82, 2.24) is 19.7 Å². The van der Waals surface area contributed by atoms with Crippen LogP contribution in [0.3, 0.4) is 0 Å². The van der Waals surface area contributed by atoms with E-state index in [1.165, 1.54) is 0 Å². The Labute approximate surface area is 195 Å². The lowest BCUT2D eigenvalue weighted by Crippen LogP contribution is -2.44. The van der Waals surface area contributed by atoms with Crippen molar-refractivity contribution in [2.24, 2.45) is 0 Å². The van der Waals surface area contributed by atoms with Gasteiger partial charge in [-0.25, -0.2) is 23.1 Å². The maximum absolute atomic E-state index is 13.6. The van der Waals surface area contributed by atoms with Gasteiger partial charge in [0.15, 0.2) is 15.7 Å². The van der Waals surface area contributed by atoms with Gasteiger partial charge >= 0.3 is 6.55 Å². The van der Waals surface area contributed by atoms with Crippen LogP contribution in [0.4, 0.5) is 20.3 Å². The number of nitrogen functional groups attached to an aromatic ring is 1. The predicted octanol–water partition coefficient (Wildman–Crippen LogP) is 3.01. The first-order chi connectivity index (χ1) is 16.2. The third-order valence-electron chi connectivity index (χ3n) is 6.32. The number of nitrogens with zero attached hydrogens (tertiary/aromatic N) is 5. The molecule has 1 atom stereocenters. The smallest absolute Gasteiger partial charge is 0.333 e. The number of ether oxygens (including phenoxy) is 1. The molecular formula is C22H24F2N6O3S. The van der Waals surface area contributed by atoms with E-state index in [-0.39, 0.29) is 10.9 Å². The molecule has 1 aliphatic heterocycles. The number of rotatable bonds is 6. The van der Waals surface area contributed by atoms with E-state index in [9.17, 15) is 17.2 Å². The minimum atomic E-state index is -4.03. The summed E-state index contributed by atoms with van der Waals surface area (Å²) >= 11 is 0. The van der Waals surface area contributed by atoms with Gasteiger partial charge in [0, 0.05) is 30.1 Å². The molecule has 3 heterocycles. The van der Waals surface area contributed by atoms with Crippen LogP contribution in [-0.4, -0.2) is 54.0 Å². The second-order valence-electron chi connectivity index (χ2n) is 8.61. The lowest BCUT2D eigenvalue weighted by molar-refractivity contribution is 0.0564. The van der Waals surface area contributed by atoms with Crippen molar-refractivity contribution in [3.8, 4) is 11.4 Å². The Hall–Kier alpha value is -3.12. The van der Waals surface area contributed by atoms with Gasteiger partial charge in [0.05, 0.1) is 31.1 Å². The highest BCUT2D eigenvalue weighted by Gasteiger charge is 2.58. The van der Waals surface area contributed by atoms with Crippen molar-refractivity contribution < 1.29 is 21.9 Å². The monoisotopic (exact) mass is 490 g/mol. The van der Waals surface area contributed by atoms with Gasteiger partial charge in [-0.1, -0.05) is 0 Å². The SMILES string of the molecule is C[C@H]1COCCN1c1cc(C2(S(=O)(=O)c3cnn(C(F)F)c3)CC2)nc(-c2ccc(N)cc2)n1. The van der Waals surface area contributed by atoms with Crippen molar-refractivity contribution in [1.29, 1.82) is 0 Å². The van der Waals surface area contributed by atoms with Gasteiger partial charge in [-0.15, -0.1) is 0 Å². The minimum absolute atomic E-state index is 0.0341. The summed E-state index contributed by atoms with van der Waals surface area (Å²) in [7, 11) is -4.03. The molecule has 5 rings (SSSR count). The molecule has 180 valence electrons. The van der Waals surface area contributed by atoms with Crippen LogP contribution >= 0.6 is 0 Å². The molecule has 1 saturated heterocycles. The second kappa shape index (κ2) is 8.27. The highest BCUT2D eigenvalue weighted by molar-refractivity contribution is 7.92. The average Bonchev–Trinajstić information content (AvgIpc) is 3.49. The Kier molecular flexibility index (Phi) is 5.52. The number of nitrogens with two attached hydrogens (primary N) is 1. The molecule has 9 nitrogen and oxygen atoms in total. The zero-order valence-corrected chi connectivity index (χ0v) is 19.3. The van der Waals surface area contributed by atoms with Gasteiger partial charge in [0.25, 0.3) is 0 Å². The molecular weight excluding hydrogens is 466 g/mol. The normalized spacial score (nSPS) is 20.0. The Balaban J connectivity index is 1.63. The molecule has 0 unspecified atom stereocenters. The zero-order valence-electron chi connectivity index (χ0n) is 18.4. The summed E-state index contributed by atoms with van der Waals surface area (Å²) in [4.78, 5) is 11.2. The fourth-order valence-electron chi connectivity index (χ4n) is 4.21. The first-order valence-electron chi connectivity index (χ1n) is 10.9. The van der Waals surface area contributed by atoms with Gasteiger partial charge in [0.2, 0.25) is 0 Å². The molecule has 3 aromatic rings. The second-order valence-corrected chi connectivity index (χ2v) is 10.9.